The van der Waals surface area contributed by atoms with Gasteiger partial charge in [0.05, 0.1) is 13.0 Å². The number of hydrogen-bond acceptors (Lipinski definition) is 7. The quantitative estimate of drug-likeness (QED) is 0.381. The standard InChI is InChI=1S/C27H41N3O7/c1-7-36-21(32)15-16-28-24(33)23(18-11-13-20(31)14-12-18)30(19-9-8-10-19)25(34)22(17(2)3)29-26(35)37-27(4,5)6/h11-14,17,19,22-23,31H,7-10,15-16H2,1-6H3,(H,28,33)(H,29,35). The molecule has 1 aliphatic carbocycles. The first-order valence-electron chi connectivity index (χ1n) is 12.9. The number of amides is 3. The number of carbonyl (C=O) groups is 4. The van der Waals surface area contributed by atoms with Crippen LogP contribution in [0.5, 0.6) is 5.75 Å². The molecule has 1 saturated carbocycles. The zero-order chi connectivity index (χ0) is 27.8. The average Bonchev–Trinajstić information content (AvgIpc) is 2.75. The highest BCUT2D eigenvalue weighted by atomic mass is 16.6. The summed E-state index contributed by atoms with van der Waals surface area (Å²) >= 11 is 0. The number of benzene rings is 1. The third-order valence-electron chi connectivity index (χ3n) is 6.00. The Balaban J connectivity index is 2.38. The second-order valence-corrected chi connectivity index (χ2v) is 10.5. The molecule has 2 rings (SSSR count). The van der Waals surface area contributed by atoms with Crippen molar-refractivity contribution in [2.75, 3.05) is 13.2 Å². The summed E-state index contributed by atoms with van der Waals surface area (Å²) in [5.41, 5.74) is -0.234. The second kappa shape index (κ2) is 13.3. The van der Waals surface area contributed by atoms with Gasteiger partial charge in [-0.2, -0.15) is 0 Å². The van der Waals surface area contributed by atoms with Gasteiger partial charge in [-0.1, -0.05) is 26.0 Å². The van der Waals surface area contributed by atoms with E-state index in [0.717, 1.165) is 6.42 Å². The monoisotopic (exact) mass is 519 g/mol. The Hall–Kier alpha value is -3.30. The van der Waals surface area contributed by atoms with Crippen LogP contribution in [0.15, 0.2) is 24.3 Å². The predicted octanol–water partition coefficient (Wildman–Crippen LogP) is 3.43. The fraction of sp³-hybridized carbons (Fsp3) is 0.630. The molecular weight excluding hydrogens is 478 g/mol. The van der Waals surface area contributed by atoms with Gasteiger partial charge in [-0.05, 0) is 70.6 Å². The van der Waals surface area contributed by atoms with Gasteiger partial charge >= 0.3 is 12.1 Å². The number of rotatable bonds is 11. The van der Waals surface area contributed by atoms with Crippen LogP contribution in [0, 0.1) is 5.92 Å². The third kappa shape index (κ3) is 8.94. The highest BCUT2D eigenvalue weighted by Crippen LogP contribution is 2.34. The lowest BCUT2D eigenvalue weighted by Gasteiger charge is -2.44. The first kappa shape index (κ1) is 29.9. The van der Waals surface area contributed by atoms with Crippen LogP contribution in [0.4, 0.5) is 4.79 Å². The van der Waals surface area contributed by atoms with E-state index in [1.54, 1.807) is 39.8 Å². The normalized spacial score (nSPS) is 15.2. The average molecular weight is 520 g/mol. The molecular formula is C27H41N3O7. The molecule has 2 unspecified atom stereocenters. The first-order chi connectivity index (χ1) is 17.3. The lowest BCUT2D eigenvalue weighted by molar-refractivity contribution is -0.148. The van der Waals surface area contributed by atoms with Crippen molar-refractivity contribution in [1.29, 1.82) is 0 Å². The molecule has 1 aromatic carbocycles. The van der Waals surface area contributed by atoms with Crippen LogP contribution in [0.3, 0.4) is 0 Å². The van der Waals surface area contributed by atoms with Gasteiger partial charge in [-0.25, -0.2) is 4.79 Å². The molecule has 0 bridgehead atoms. The van der Waals surface area contributed by atoms with Crippen molar-refractivity contribution in [2.24, 2.45) is 5.92 Å². The highest BCUT2D eigenvalue weighted by molar-refractivity contribution is 5.92. The van der Waals surface area contributed by atoms with Crippen LogP contribution >= 0.6 is 0 Å². The summed E-state index contributed by atoms with van der Waals surface area (Å²) in [5, 5.41) is 15.3. The van der Waals surface area contributed by atoms with Gasteiger partial charge in [0.15, 0.2) is 0 Å². The van der Waals surface area contributed by atoms with Crippen molar-refractivity contribution >= 4 is 23.9 Å². The molecule has 0 heterocycles. The molecule has 2 atom stereocenters. The Kier molecular flexibility index (Phi) is 10.8. The van der Waals surface area contributed by atoms with Gasteiger partial charge in [-0.15, -0.1) is 0 Å². The summed E-state index contributed by atoms with van der Waals surface area (Å²) in [6, 6.07) is 3.94. The maximum absolute atomic E-state index is 14.0. The zero-order valence-corrected chi connectivity index (χ0v) is 22.7. The number of alkyl carbamates (subject to hydrolysis) is 1. The van der Waals surface area contributed by atoms with Crippen molar-refractivity contribution in [3.63, 3.8) is 0 Å². The van der Waals surface area contributed by atoms with Gasteiger partial charge in [0.25, 0.3) is 0 Å². The minimum absolute atomic E-state index is 0.00588. The van der Waals surface area contributed by atoms with Gasteiger partial charge in [0.2, 0.25) is 11.8 Å². The molecule has 1 aliphatic rings. The van der Waals surface area contributed by atoms with Crippen molar-refractivity contribution in [3.8, 4) is 5.75 Å². The molecule has 0 aromatic heterocycles. The van der Waals surface area contributed by atoms with Crippen LogP contribution in [0.2, 0.25) is 0 Å². The molecule has 0 saturated heterocycles. The fourth-order valence-electron chi connectivity index (χ4n) is 4.00. The number of phenolic OH excluding ortho intramolecular Hbond substituents is 1. The number of esters is 1. The Bertz CT molecular complexity index is 936. The van der Waals surface area contributed by atoms with E-state index in [9.17, 15) is 24.3 Å². The number of nitrogens with one attached hydrogen (secondary N) is 2. The summed E-state index contributed by atoms with van der Waals surface area (Å²) in [7, 11) is 0. The van der Waals surface area contributed by atoms with Crippen LogP contribution in [0.1, 0.15) is 78.8 Å². The van der Waals surface area contributed by atoms with Crippen molar-refractivity contribution in [3.05, 3.63) is 29.8 Å². The molecule has 3 amide bonds. The minimum Gasteiger partial charge on any atom is -0.508 e. The molecule has 206 valence electrons. The number of hydrogen-bond donors (Lipinski definition) is 3. The second-order valence-electron chi connectivity index (χ2n) is 10.5. The molecule has 0 aliphatic heterocycles. The summed E-state index contributed by atoms with van der Waals surface area (Å²) in [5.74, 6) is -1.55. The summed E-state index contributed by atoms with van der Waals surface area (Å²) in [4.78, 5) is 53.4. The highest BCUT2D eigenvalue weighted by Gasteiger charge is 2.42. The summed E-state index contributed by atoms with van der Waals surface area (Å²) in [6.45, 7) is 10.8. The lowest BCUT2D eigenvalue weighted by atomic mass is 9.87. The number of carbonyl (C=O) groups excluding carboxylic acids is 4. The van der Waals surface area contributed by atoms with Crippen molar-refractivity contribution in [1.82, 2.24) is 15.5 Å². The molecule has 10 nitrogen and oxygen atoms in total. The molecule has 10 heteroatoms. The fourth-order valence-corrected chi connectivity index (χ4v) is 4.00. The Morgan fingerprint density at radius 3 is 2.22 bits per heavy atom. The van der Waals surface area contributed by atoms with Crippen molar-refractivity contribution < 1.29 is 33.8 Å². The molecule has 1 aromatic rings. The Morgan fingerprint density at radius 1 is 1.11 bits per heavy atom. The predicted molar refractivity (Wildman–Crippen MR) is 138 cm³/mol. The number of aromatic hydroxyl groups is 1. The largest absolute Gasteiger partial charge is 0.508 e. The van der Waals surface area contributed by atoms with Gasteiger partial charge < -0.3 is 30.1 Å². The van der Waals surface area contributed by atoms with E-state index in [2.05, 4.69) is 10.6 Å². The van der Waals surface area contributed by atoms with Crippen LogP contribution in [-0.2, 0) is 23.9 Å². The van der Waals surface area contributed by atoms with Gasteiger partial charge in [0.1, 0.15) is 23.4 Å². The SMILES string of the molecule is CCOC(=O)CCNC(=O)C(c1ccc(O)cc1)N(C(=O)C(NC(=O)OC(C)(C)C)C(C)C)C1CCC1. The van der Waals surface area contributed by atoms with E-state index >= 15 is 0 Å². The van der Waals surface area contributed by atoms with E-state index in [1.165, 1.54) is 17.0 Å². The minimum atomic E-state index is -1.03. The molecule has 1 fully saturated rings. The number of phenols is 1. The molecule has 0 radical (unpaired) electrons. The topological polar surface area (TPSA) is 134 Å². The van der Waals surface area contributed by atoms with E-state index in [-0.39, 0.29) is 37.3 Å². The zero-order valence-electron chi connectivity index (χ0n) is 22.7. The Labute approximate surface area is 219 Å². The smallest absolute Gasteiger partial charge is 0.408 e. The molecule has 0 spiro atoms. The van der Waals surface area contributed by atoms with Gasteiger partial charge in [0, 0.05) is 12.6 Å². The Morgan fingerprint density at radius 2 is 1.73 bits per heavy atom. The van der Waals surface area contributed by atoms with E-state index in [0.29, 0.717) is 18.4 Å². The maximum Gasteiger partial charge on any atom is 0.408 e. The lowest BCUT2D eigenvalue weighted by Crippen LogP contribution is -2.58. The van der Waals surface area contributed by atoms with E-state index in [1.807, 2.05) is 13.8 Å². The van der Waals surface area contributed by atoms with Crippen LogP contribution in [-0.4, -0.2) is 64.7 Å². The molecule has 3 N–H and O–H groups in total. The summed E-state index contributed by atoms with van der Waals surface area (Å²) in [6.07, 6.45) is 1.62. The van der Waals surface area contributed by atoms with Crippen molar-refractivity contribution in [2.45, 2.75) is 91.0 Å². The van der Waals surface area contributed by atoms with Crippen LogP contribution < -0.4 is 10.6 Å². The van der Waals surface area contributed by atoms with Crippen LogP contribution in [0.25, 0.3) is 0 Å². The first-order valence-corrected chi connectivity index (χ1v) is 12.9. The molecule has 37 heavy (non-hydrogen) atoms. The summed E-state index contributed by atoms with van der Waals surface area (Å²) < 4.78 is 10.3. The number of ether oxygens (including phenoxy) is 2. The van der Waals surface area contributed by atoms with E-state index < -0.39 is 41.6 Å². The maximum atomic E-state index is 14.0. The third-order valence-corrected chi connectivity index (χ3v) is 6.00. The van der Waals surface area contributed by atoms with Gasteiger partial charge in [-0.3, -0.25) is 14.4 Å². The number of nitrogens with zero attached hydrogens (tertiary/aromatic N) is 1. The van der Waals surface area contributed by atoms with E-state index in [4.69, 9.17) is 9.47 Å².